The van der Waals surface area contributed by atoms with E-state index in [4.69, 9.17) is 5.26 Å². The highest BCUT2D eigenvalue weighted by Crippen LogP contribution is 2.23. The van der Waals surface area contributed by atoms with Crippen molar-refractivity contribution in [2.45, 2.75) is 6.42 Å². The van der Waals surface area contributed by atoms with Crippen LogP contribution in [0.3, 0.4) is 0 Å². The maximum atomic E-state index is 12.1. The molecule has 0 bridgehead atoms. The molecule has 1 aromatic carbocycles. The van der Waals surface area contributed by atoms with Crippen LogP contribution in [0.15, 0.2) is 40.9 Å². The first-order chi connectivity index (χ1) is 8.33. The van der Waals surface area contributed by atoms with Gasteiger partial charge in [0.25, 0.3) is 0 Å². The molecule has 0 radical (unpaired) electrons. The SMILES string of the molecule is N#C/C(C(=O)c1ccccc1)=C1\NCCCS1. The number of hydrogen-bond donors (Lipinski definition) is 1. The first-order valence-electron chi connectivity index (χ1n) is 5.43. The molecule has 1 fully saturated rings. The van der Waals surface area contributed by atoms with Gasteiger partial charge < -0.3 is 5.32 Å². The zero-order chi connectivity index (χ0) is 12.1. The highest BCUT2D eigenvalue weighted by atomic mass is 32.2. The normalized spacial score (nSPS) is 17.8. The Hall–Kier alpha value is -1.73. The van der Waals surface area contributed by atoms with Crippen molar-refractivity contribution in [3.05, 3.63) is 46.5 Å². The van der Waals surface area contributed by atoms with Gasteiger partial charge in [-0.2, -0.15) is 5.26 Å². The number of rotatable bonds is 2. The quantitative estimate of drug-likeness (QED) is 0.493. The number of nitrogens with one attached hydrogen (secondary N) is 1. The molecule has 1 aliphatic rings. The van der Waals surface area contributed by atoms with Gasteiger partial charge in [-0.15, -0.1) is 11.8 Å². The fraction of sp³-hybridized carbons (Fsp3) is 0.231. The van der Waals surface area contributed by atoms with Crippen LogP contribution >= 0.6 is 11.8 Å². The van der Waals surface area contributed by atoms with E-state index in [-0.39, 0.29) is 11.4 Å². The fourth-order valence-electron chi connectivity index (χ4n) is 1.60. The fourth-order valence-corrected chi connectivity index (χ4v) is 2.58. The lowest BCUT2D eigenvalue weighted by Gasteiger charge is -2.17. The first kappa shape index (κ1) is 11.7. The smallest absolute Gasteiger partial charge is 0.206 e. The van der Waals surface area contributed by atoms with Crippen LogP contribution in [-0.2, 0) is 0 Å². The average molecular weight is 244 g/mol. The maximum Gasteiger partial charge on any atom is 0.206 e. The number of hydrogen-bond acceptors (Lipinski definition) is 4. The Labute approximate surface area is 105 Å². The number of nitriles is 1. The molecular weight excluding hydrogens is 232 g/mol. The minimum atomic E-state index is -0.204. The number of ketones is 1. The van der Waals surface area contributed by atoms with Crippen LogP contribution < -0.4 is 5.32 Å². The van der Waals surface area contributed by atoms with Crippen molar-refractivity contribution in [2.24, 2.45) is 0 Å². The van der Waals surface area contributed by atoms with E-state index in [1.807, 2.05) is 12.1 Å². The van der Waals surface area contributed by atoms with Crippen LogP contribution in [0.2, 0.25) is 0 Å². The topological polar surface area (TPSA) is 52.9 Å². The molecule has 17 heavy (non-hydrogen) atoms. The van der Waals surface area contributed by atoms with E-state index in [1.165, 1.54) is 0 Å². The van der Waals surface area contributed by atoms with Crippen molar-refractivity contribution < 1.29 is 4.79 Å². The molecular formula is C13H12N2OS. The molecule has 2 rings (SSSR count). The van der Waals surface area contributed by atoms with Crippen LogP contribution in [0.25, 0.3) is 0 Å². The van der Waals surface area contributed by atoms with Gasteiger partial charge in [-0.3, -0.25) is 4.79 Å². The van der Waals surface area contributed by atoms with Gasteiger partial charge >= 0.3 is 0 Å². The van der Waals surface area contributed by atoms with E-state index in [2.05, 4.69) is 5.32 Å². The van der Waals surface area contributed by atoms with Gasteiger partial charge in [0.2, 0.25) is 5.78 Å². The Morgan fingerprint density at radius 1 is 1.35 bits per heavy atom. The van der Waals surface area contributed by atoms with E-state index in [0.29, 0.717) is 10.6 Å². The monoisotopic (exact) mass is 244 g/mol. The van der Waals surface area contributed by atoms with Crippen LogP contribution in [0.4, 0.5) is 0 Å². The van der Waals surface area contributed by atoms with Crippen molar-refractivity contribution in [3.8, 4) is 6.07 Å². The summed E-state index contributed by atoms with van der Waals surface area (Å²) in [7, 11) is 0. The Kier molecular flexibility index (Phi) is 3.84. The van der Waals surface area contributed by atoms with Gasteiger partial charge in [0, 0.05) is 17.9 Å². The Morgan fingerprint density at radius 2 is 2.12 bits per heavy atom. The molecule has 86 valence electrons. The summed E-state index contributed by atoms with van der Waals surface area (Å²) in [4.78, 5) is 12.1. The number of Topliss-reactive ketones (excluding diaryl/α,β-unsaturated/α-hetero) is 1. The van der Waals surface area contributed by atoms with E-state index >= 15 is 0 Å². The predicted molar refractivity (Wildman–Crippen MR) is 68.5 cm³/mol. The molecule has 0 aromatic heterocycles. The van der Waals surface area contributed by atoms with Crippen LogP contribution in [0, 0.1) is 11.3 Å². The molecule has 1 heterocycles. The summed E-state index contributed by atoms with van der Waals surface area (Å²) in [5.74, 6) is 0.750. The number of nitrogens with zero attached hydrogens (tertiary/aromatic N) is 1. The van der Waals surface area contributed by atoms with Gasteiger partial charge in [-0.25, -0.2) is 0 Å². The molecule has 0 aliphatic carbocycles. The van der Waals surface area contributed by atoms with Crippen molar-refractivity contribution in [3.63, 3.8) is 0 Å². The van der Waals surface area contributed by atoms with Crippen molar-refractivity contribution in [1.29, 1.82) is 5.26 Å². The summed E-state index contributed by atoms with van der Waals surface area (Å²) in [5.41, 5.74) is 0.783. The summed E-state index contributed by atoms with van der Waals surface area (Å²) in [5, 5.41) is 13.0. The largest absolute Gasteiger partial charge is 0.379 e. The zero-order valence-corrected chi connectivity index (χ0v) is 10.1. The third-order valence-corrected chi connectivity index (χ3v) is 3.58. The van der Waals surface area contributed by atoms with E-state index in [9.17, 15) is 4.79 Å². The van der Waals surface area contributed by atoms with Gasteiger partial charge in [-0.1, -0.05) is 30.3 Å². The van der Waals surface area contributed by atoms with Gasteiger partial charge in [0.15, 0.2) is 0 Å². The summed E-state index contributed by atoms with van der Waals surface area (Å²) in [6, 6.07) is 10.9. The molecule has 1 aromatic rings. The third kappa shape index (κ3) is 2.69. The molecule has 0 atom stereocenters. The van der Waals surface area contributed by atoms with Crippen LogP contribution in [0.1, 0.15) is 16.8 Å². The Morgan fingerprint density at radius 3 is 2.71 bits per heavy atom. The van der Waals surface area contributed by atoms with E-state index < -0.39 is 0 Å². The number of carbonyl (C=O) groups is 1. The molecule has 0 unspecified atom stereocenters. The highest BCUT2D eigenvalue weighted by molar-refractivity contribution is 8.03. The third-order valence-electron chi connectivity index (χ3n) is 2.45. The summed E-state index contributed by atoms with van der Waals surface area (Å²) in [6.45, 7) is 0.829. The summed E-state index contributed by atoms with van der Waals surface area (Å²) >= 11 is 1.54. The lowest BCUT2D eigenvalue weighted by molar-refractivity contribution is 0.103. The lowest BCUT2D eigenvalue weighted by Crippen LogP contribution is -2.22. The van der Waals surface area contributed by atoms with Gasteiger partial charge in [0.1, 0.15) is 11.6 Å². The summed E-state index contributed by atoms with van der Waals surface area (Å²) in [6.07, 6.45) is 1.06. The number of thioether (sulfide) groups is 1. The van der Waals surface area contributed by atoms with E-state index in [0.717, 1.165) is 18.7 Å². The second-order valence-electron chi connectivity index (χ2n) is 3.64. The Bertz CT molecular complexity index is 480. The first-order valence-corrected chi connectivity index (χ1v) is 6.42. The maximum absolute atomic E-state index is 12.1. The standard InChI is InChI=1S/C13H12N2OS/c14-9-11(13-15-7-4-8-17-13)12(16)10-5-2-1-3-6-10/h1-3,5-6,15H,4,7-8H2/b13-11-. The van der Waals surface area contributed by atoms with Crippen LogP contribution in [-0.4, -0.2) is 18.1 Å². The molecule has 1 aliphatic heterocycles. The van der Waals surface area contributed by atoms with Crippen LogP contribution in [0.5, 0.6) is 0 Å². The second-order valence-corrected chi connectivity index (χ2v) is 4.75. The van der Waals surface area contributed by atoms with Crippen molar-refractivity contribution in [2.75, 3.05) is 12.3 Å². The van der Waals surface area contributed by atoms with Gasteiger partial charge in [0.05, 0.1) is 5.03 Å². The van der Waals surface area contributed by atoms with E-state index in [1.54, 1.807) is 36.0 Å². The predicted octanol–water partition coefficient (Wildman–Crippen LogP) is 2.33. The van der Waals surface area contributed by atoms with Crippen molar-refractivity contribution >= 4 is 17.5 Å². The minimum Gasteiger partial charge on any atom is -0.379 e. The number of carbonyl (C=O) groups excluding carboxylic acids is 1. The molecule has 0 amide bonds. The zero-order valence-electron chi connectivity index (χ0n) is 9.27. The molecule has 0 saturated carbocycles. The molecule has 1 N–H and O–H groups in total. The lowest BCUT2D eigenvalue weighted by atomic mass is 10.1. The Balaban J connectivity index is 2.31. The second kappa shape index (κ2) is 5.55. The number of allylic oxidation sites excluding steroid dienone is 1. The average Bonchev–Trinajstić information content (AvgIpc) is 2.42. The minimum absolute atomic E-state index is 0.204. The highest BCUT2D eigenvalue weighted by Gasteiger charge is 2.19. The van der Waals surface area contributed by atoms with Gasteiger partial charge in [-0.05, 0) is 6.42 Å². The van der Waals surface area contributed by atoms with Crippen molar-refractivity contribution in [1.82, 2.24) is 5.32 Å². The summed E-state index contributed by atoms with van der Waals surface area (Å²) < 4.78 is 0. The molecule has 1 saturated heterocycles. The molecule has 0 spiro atoms. The number of benzene rings is 1. The molecule has 3 nitrogen and oxygen atoms in total. The molecule has 4 heteroatoms.